The second-order valence-corrected chi connectivity index (χ2v) is 6.59. The van der Waals surface area contributed by atoms with Gasteiger partial charge in [-0.15, -0.1) is 0 Å². The summed E-state index contributed by atoms with van der Waals surface area (Å²) in [7, 11) is 0. The fourth-order valence-corrected chi connectivity index (χ4v) is 3.18. The Morgan fingerprint density at radius 3 is 2.00 bits per heavy atom. The van der Waals surface area contributed by atoms with Crippen LogP contribution in [0, 0.1) is 0 Å². The van der Waals surface area contributed by atoms with E-state index in [0.717, 1.165) is 18.4 Å². The van der Waals surface area contributed by atoms with Crippen molar-refractivity contribution in [1.82, 2.24) is 4.98 Å². The maximum absolute atomic E-state index is 12.2. The normalized spacial score (nSPS) is 11.8. The predicted octanol–water partition coefficient (Wildman–Crippen LogP) is 5.57. The van der Waals surface area contributed by atoms with Crippen molar-refractivity contribution in [2.75, 3.05) is 0 Å². The van der Waals surface area contributed by atoms with Crippen LogP contribution in [0.25, 0.3) is 0 Å². The Balaban J connectivity index is 2.73. The summed E-state index contributed by atoms with van der Waals surface area (Å²) in [4.78, 5) is 15.0. The number of pyridine rings is 1. The van der Waals surface area contributed by atoms with Crippen LogP contribution in [-0.4, -0.2) is 4.98 Å². The van der Waals surface area contributed by atoms with Gasteiger partial charge in [0.1, 0.15) is 0 Å². The highest BCUT2D eigenvalue weighted by Crippen LogP contribution is 2.33. The van der Waals surface area contributed by atoms with Crippen molar-refractivity contribution in [3.05, 3.63) is 34.2 Å². The summed E-state index contributed by atoms with van der Waals surface area (Å²) in [6.07, 6.45) is 14.2. The van der Waals surface area contributed by atoms with E-state index in [9.17, 15) is 4.79 Å². The van der Waals surface area contributed by atoms with Crippen LogP contribution in [0.1, 0.15) is 90.5 Å². The number of aromatic amines is 1. The van der Waals surface area contributed by atoms with E-state index in [4.69, 9.17) is 0 Å². The third-order valence-corrected chi connectivity index (χ3v) is 4.63. The second-order valence-electron chi connectivity index (χ2n) is 6.59. The Morgan fingerprint density at radius 2 is 1.52 bits per heavy atom. The zero-order valence-electron chi connectivity index (χ0n) is 14.2. The number of aromatic nitrogens is 1. The molecule has 1 aromatic rings. The van der Waals surface area contributed by atoms with Gasteiger partial charge in [-0.1, -0.05) is 78.2 Å². The average Bonchev–Trinajstić information content (AvgIpc) is 2.49. The SMILES string of the molecule is CCCCCCC(C)(CCCCCC)c1ccc[nH]c1=O. The molecule has 0 fully saturated rings. The maximum atomic E-state index is 12.2. The molecule has 1 rings (SSSR count). The fraction of sp³-hybridized carbons (Fsp3) is 0.737. The highest BCUT2D eigenvalue weighted by atomic mass is 16.1. The van der Waals surface area contributed by atoms with Gasteiger partial charge in [0, 0.05) is 11.8 Å². The quantitative estimate of drug-likeness (QED) is 0.531. The first-order valence-corrected chi connectivity index (χ1v) is 8.82. The molecule has 0 aliphatic carbocycles. The molecule has 21 heavy (non-hydrogen) atoms. The summed E-state index contributed by atoms with van der Waals surface area (Å²) in [5, 5.41) is 0. The number of nitrogens with one attached hydrogen (secondary N) is 1. The molecular formula is C19H33NO. The minimum atomic E-state index is 0.0380. The van der Waals surface area contributed by atoms with Crippen molar-refractivity contribution in [1.29, 1.82) is 0 Å². The number of rotatable bonds is 11. The largest absolute Gasteiger partial charge is 0.329 e. The summed E-state index contributed by atoms with van der Waals surface area (Å²) in [6, 6.07) is 3.99. The van der Waals surface area contributed by atoms with E-state index in [1.54, 1.807) is 6.20 Å². The van der Waals surface area contributed by atoms with E-state index in [0.29, 0.717) is 0 Å². The topological polar surface area (TPSA) is 32.9 Å². The number of H-pyrrole nitrogens is 1. The molecule has 2 nitrogen and oxygen atoms in total. The zero-order chi connectivity index (χ0) is 15.6. The summed E-state index contributed by atoms with van der Waals surface area (Å²) in [5.41, 5.74) is 1.13. The first-order chi connectivity index (χ1) is 10.1. The molecule has 0 amide bonds. The van der Waals surface area contributed by atoms with Gasteiger partial charge < -0.3 is 4.98 Å². The number of hydrogen-bond acceptors (Lipinski definition) is 1. The van der Waals surface area contributed by atoms with Gasteiger partial charge in [-0.2, -0.15) is 0 Å². The zero-order valence-corrected chi connectivity index (χ0v) is 14.2. The Hall–Kier alpha value is -1.05. The maximum Gasteiger partial charge on any atom is 0.251 e. The monoisotopic (exact) mass is 291 g/mol. The predicted molar refractivity (Wildman–Crippen MR) is 91.9 cm³/mol. The smallest absolute Gasteiger partial charge is 0.251 e. The minimum absolute atomic E-state index is 0.0380. The molecule has 0 aromatic carbocycles. The molecule has 0 saturated carbocycles. The van der Waals surface area contributed by atoms with Crippen molar-refractivity contribution < 1.29 is 0 Å². The lowest BCUT2D eigenvalue weighted by atomic mass is 9.74. The van der Waals surface area contributed by atoms with E-state index >= 15 is 0 Å². The molecule has 1 N–H and O–H groups in total. The van der Waals surface area contributed by atoms with Gasteiger partial charge >= 0.3 is 0 Å². The highest BCUT2D eigenvalue weighted by molar-refractivity contribution is 5.20. The van der Waals surface area contributed by atoms with Gasteiger partial charge in [-0.25, -0.2) is 0 Å². The van der Waals surface area contributed by atoms with Crippen LogP contribution < -0.4 is 5.56 Å². The summed E-state index contributed by atoms with van der Waals surface area (Å²) >= 11 is 0. The van der Waals surface area contributed by atoms with Crippen molar-refractivity contribution in [2.24, 2.45) is 0 Å². The Morgan fingerprint density at radius 1 is 0.952 bits per heavy atom. The molecule has 0 saturated heterocycles. The molecule has 0 aliphatic rings. The van der Waals surface area contributed by atoms with Crippen LogP contribution in [0.15, 0.2) is 23.1 Å². The molecule has 1 aromatic heterocycles. The number of hydrogen-bond donors (Lipinski definition) is 1. The molecule has 0 bridgehead atoms. The third-order valence-electron chi connectivity index (χ3n) is 4.63. The van der Waals surface area contributed by atoms with Crippen molar-refractivity contribution in [3.8, 4) is 0 Å². The van der Waals surface area contributed by atoms with Gasteiger partial charge in [-0.3, -0.25) is 4.79 Å². The lowest BCUT2D eigenvalue weighted by Crippen LogP contribution is -2.30. The molecule has 0 radical (unpaired) electrons. The van der Waals surface area contributed by atoms with Crippen molar-refractivity contribution in [3.63, 3.8) is 0 Å². The highest BCUT2D eigenvalue weighted by Gasteiger charge is 2.28. The van der Waals surface area contributed by atoms with E-state index in [2.05, 4.69) is 25.8 Å². The van der Waals surface area contributed by atoms with Crippen molar-refractivity contribution in [2.45, 2.75) is 90.4 Å². The molecule has 1 heterocycles. The second kappa shape index (κ2) is 9.81. The van der Waals surface area contributed by atoms with Crippen LogP contribution in [-0.2, 0) is 5.41 Å². The Kier molecular flexibility index (Phi) is 8.41. The van der Waals surface area contributed by atoms with Crippen LogP contribution >= 0.6 is 0 Å². The van der Waals surface area contributed by atoms with E-state index < -0.39 is 0 Å². The standard InChI is InChI=1S/C19H33NO/c1-4-6-8-10-14-19(3,15-11-9-7-5-2)17-13-12-16-20-18(17)21/h12-13,16H,4-11,14-15H2,1-3H3,(H,20,21). The summed E-state index contributed by atoms with van der Waals surface area (Å²) in [5.74, 6) is 0. The molecular weight excluding hydrogens is 258 g/mol. The van der Waals surface area contributed by atoms with Gasteiger partial charge in [0.25, 0.3) is 5.56 Å². The van der Waals surface area contributed by atoms with Crippen LogP contribution in [0.2, 0.25) is 0 Å². The van der Waals surface area contributed by atoms with E-state index in [1.165, 1.54) is 51.4 Å². The van der Waals surface area contributed by atoms with E-state index in [1.807, 2.05) is 12.1 Å². The molecule has 120 valence electrons. The molecule has 0 spiro atoms. The van der Waals surface area contributed by atoms with Gasteiger partial charge in [0.2, 0.25) is 0 Å². The molecule has 0 aliphatic heterocycles. The summed E-state index contributed by atoms with van der Waals surface area (Å²) < 4.78 is 0. The first-order valence-electron chi connectivity index (χ1n) is 8.82. The molecule has 0 atom stereocenters. The number of unbranched alkanes of at least 4 members (excludes halogenated alkanes) is 6. The van der Waals surface area contributed by atoms with Crippen LogP contribution in [0.3, 0.4) is 0 Å². The lowest BCUT2D eigenvalue weighted by molar-refractivity contribution is 0.361. The fourth-order valence-electron chi connectivity index (χ4n) is 3.18. The van der Waals surface area contributed by atoms with Gasteiger partial charge in [0.05, 0.1) is 0 Å². The summed E-state index contributed by atoms with van der Waals surface area (Å²) in [6.45, 7) is 6.77. The Labute approximate surface area is 130 Å². The van der Waals surface area contributed by atoms with Crippen molar-refractivity contribution >= 4 is 0 Å². The third kappa shape index (κ3) is 6.07. The Bertz CT molecular complexity index is 423. The van der Waals surface area contributed by atoms with Crippen LogP contribution in [0.4, 0.5) is 0 Å². The van der Waals surface area contributed by atoms with Gasteiger partial charge in [0.15, 0.2) is 0 Å². The average molecular weight is 291 g/mol. The lowest BCUT2D eigenvalue weighted by Gasteiger charge is -2.29. The molecule has 0 unspecified atom stereocenters. The minimum Gasteiger partial charge on any atom is -0.329 e. The first kappa shape index (κ1) is 18.0. The molecule has 2 heteroatoms. The van der Waals surface area contributed by atoms with Gasteiger partial charge in [-0.05, 0) is 24.3 Å². The van der Waals surface area contributed by atoms with Crippen LogP contribution in [0.5, 0.6) is 0 Å². The van der Waals surface area contributed by atoms with E-state index in [-0.39, 0.29) is 11.0 Å².